The second kappa shape index (κ2) is 8.98. The molecule has 0 fully saturated rings. The van der Waals surface area contributed by atoms with Gasteiger partial charge in [-0.3, -0.25) is 20.4 Å². The number of aliphatic hydroxyl groups excluding tert-OH is 1. The van der Waals surface area contributed by atoms with Gasteiger partial charge in [0.15, 0.2) is 0 Å². The number of carbonyl (C=O) groups excluding carboxylic acids is 2. The molecule has 1 aromatic carbocycles. The molecule has 7 heteroatoms. The molecule has 0 bridgehead atoms. The van der Waals surface area contributed by atoms with Gasteiger partial charge in [-0.05, 0) is 36.1 Å². The zero-order valence-corrected chi connectivity index (χ0v) is 14.0. The molecule has 1 aromatic rings. The SMILES string of the molecule is CC(C)CCC(=O)NNC(=O)CC(O)c1cc(Cl)cc(Cl)c1. The van der Waals surface area contributed by atoms with Gasteiger partial charge in [0.2, 0.25) is 11.8 Å². The van der Waals surface area contributed by atoms with Crippen LogP contribution in [0.2, 0.25) is 10.0 Å². The van der Waals surface area contributed by atoms with Gasteiger partial charge in [-0.2, -0.15) is 0 Å². The lowest BCUT2D eigenvalue weighted by atomic mass is 10.1. The zero-order chi connectivity index (χ0) is 16.7. The molecule has 122 valence electrons. The van der Waals surface area contributed by atoms with Gasteiger partial charge in [0.25, 0.3) is 0 Å². The van der Waals surface area contributed by atoms with Gasteiger partial charge in [-0.25, -0.2) is 0 Å². The zero-order valence-electron chi connectivity index (χ0n) is 12.5. The number of benzene rings is 1. The lowest BCUT2D eigenvalue weighted by Crippen LogP contribution is -2.42. The maximum Gasteiger partial charge on any atom is 0.241 e. The largest absolute Gasteiger partial charge is 0.388 e. The van der Waals surface area contributed by atoms with Crippen LogP contribution in [0.15, 0.2) is 18.2 Å². The summed E-state index contributed by atoms with van der Waals surface area (Å²) >= 11 is 11.7. The second-order valence-electron chi connectivity index (χ2n) is 5.45. The van der Waals surface area contributed by atoms with Crippen LogP contribution < -0.4 is 10.9 Å². The molecule has 5 nitrogen and oxygen atoms in total. The Kier molecular flexibility index (Phi) is 7.65. The van der Waals surface area contributed by atoms with Crippen molar-refractivity contribution in [3.05, 3.63) is 33.8 Å². The molecule has 0 aliphatic carbocycles. The summed E-state index contributed by atoms with van der Waals surface area (Å²) < 4.78 is 0. The molecule has 1 unspecified atom stereocenters. The molecule has 0 saturated heterocycles. The quantitative estimate of drug-likeness (QED) is 0.692. The maximum absolute atomic E-state index is 11.7. The average molecular weight is 347 g/mol. The number of halogens is 2. The Morgan fingerprint density at radius 2 is 1.64 bits per heavy atom. The first-order valence-electron chi connectivity index (χ1n) is 6.99. The molecule has 3 N–H and O–H groups in total. The van der Waals surface area contributed by atoms with Gasteiger partial charge < -0.3 is 5.11 Å². The Morgan fingerprint density at radius 1 is 1.09 bits per heavy atom. The lowest BCUT2D eigenvalue weighted by molar-refractivity contribution is -0.130. The Balaban J connectivity index is 2.42. The Morgan fingerprint density at radius 3 is 2.18 bits per heavy atom. The van der Waals surface area contributed by atoms with E-state index < -0.39 is 12.0 Å². The van der Waals surface area contributed by atoms with Crippen LogP contribution in [-0.4, -0.2) is 16.9 Å². The summed E-state index contributed by atoms with van der Waals surface area (Å²) in [5.74, 6) is -0.348. The smallest absolute Gasteiger partial charge is 0.241 e. The van der Waals surface area contributed by atoms with Gasteiger partial charge >= 0.3 is 0 Å². The fraction of sp³-hybridized carbons (Fsp3) is 0.467. The van der Waals surface area contributed by atoms with E-state index in [-0.39, 0.29) is 12.3 Å². The molecule has 22 heavy (non-hydrogen) atoms. The topological polar surface area (TPSA) is 78.4 Å². The van der Waals surface area contributed by atoms with E-state index in [1.165, 1.54) is 18.2 Å². The van der Waals surface area contributed by atoms with Crippen LogP contribution in [0.25, 0.3) is 0 Å². The standard InChI is InChI=1S/C15H20Cl2N2O3/c1-9(2)3-4-14(21)18-19-15(22)8-13(20)10-5-11(16)7-12(17)6-10/h5-7,9,13,20H,3-4,8H2,1-2H3,(H,18,21)(H,19,22). The molecular weight excluding hydrogens is 327 g/mol. The van der Waals surface area contributed by atoms with Crippen molar-refractivity contribution in [2.24, 2.45) is 5.92 Å². The predicted octanol–water partition coefficient (Wildman–Crippen LogP) is 3.00. The molecule has 0 aliphatic heterocycles. The van der Waals surface area contributed by atoms with Crippen molar-refractivity contribution in [2.45, 2.75) is 39.2 Å². The van der Waals surface area contributed by atoms with Crippen LogP contribution in [0.3, 0.4) is 0 Å². The molecule has 0 aliphatic rings. The monoisotopic (exact) mass is 346 g/mol. The number of rotatable bonds is 6. The first kappa shape index (κ1) is 18.7. The van der Waals surface area contributed by atoms with Crippen molar-refractivity contribution in [3.63, 3.8) is 0 Å². The fourth-order valence-electron chi connectivity index (χ4n) is 1.73. The predicted molar refractivity (Wildman–Crippen MR) is 86.4 cm³/mol. The highest BCUT2D eigenvalue weighted by Crippen LogP contribution is 2.25. The van der Waals surface area contributed by atoms with E-state index in [9.17, 15) is 14.7 Å². The summed E-state index contributed by atoms with van der Waals surface area (Å²) in [4.78, 5) is 23.2. The normalized spacial score (nSPS) is 12.1. The highest BCUT2D eigenvalue weighted by molar-refractivity contribution is 6.34. The van der Waals surface area contributed by atoms with Crippen LogP contribution >= 0.6 is 23.2 Å². The number of hydrogen-bond acceptors (Lipinski definition) is 3. The van der Waals surface area contributed by atoms with Crippen LogP contribution in [0.4, 0.5) is 0 Å². The third-order valence-corrected chi connectivity index (χ3v) is 3.37. The minimum atomic E-state index is -1.05. The first-order chi connectivity index (χ1) is 10.3. The number of hydrogen-bond donors (Lipinski definition) is 3. The summed E-state index contributed by atoms with van der Waals surface area (Å²) in [6.45, 7) is 4.02. The van der Waals surface area contributed by atoms with Gasteiger partial charge in [-0.15, -0.1) is 0 Å². The van der Waals surface area contributed by atoms with Gasteiger partial charge in [-0.1, -0.05) is 37.0 Å². The molecule has 0 saturated carbocycles. The van der Waals surface area contributed by atoms with E-state index in [1.54, 1.807) is 0 Å². The number of nitrogens with one attached hydrogen (secondary N) is 2. The number of amides is 2. The molecule has 1 rings (SSSR count). The molecule has 0 radical (unpaired) electrons. The number of aliphatic hydroxyl groups is 1. The van der Waals surface area contributed by atoms with Crippen molar-refractivity contribution in [3.8, 4) is 0 Å². The minimum absolute atomic E-state index is 0.207. The van der Waals surface area contributed by atoms with E-state index in [0.29, 0.717) is 27.9 Å². The van der Waals surface area contributed by atoms with Crippen LogP contribution in [0.1, 0.15) is 44.8 Å². The summed E-state index contributed by atoms with van der Waals surface area (Å²) in [6, 6.07) is 4.60. The van der Waals surface area contributed by atoms with Gasteiger partial charge in [0.05, 0.1) is 12.5 Å². The van der Waals surface area contributed by atoms with E-state index in [1.807, 2.05) is 13.8 Å². The van der Waals surface area contributed by atoms with Crippen molar-refractivity contribution >= 4 is 35.0 Å². The molecule has 2 amide bonds. The van der Waals surface area contributed by atoms with Crippen molar-refractivity contribution in [1.82, 2.24) is 10.9 Å². The van der Waals surface area contributed by atoms with E-state index in [0.717, 1.165) is 6.42 Å². The fourth-order valence-corrected chi connectivity index (χ4v) is 2.28. The van der Waals surface area contributed by atoms with E-state index in [2.05, 4.69) is 10.9 Å². The molecule has 0 heterocycles. The highest BCUT2D eigenvalue weighted by Gasteiger charge is 2.15. The molecule has 0 spiro atoms. The van der Waals surface area contributed by atoms with Crippen molar-refractivity contribution in [2.75, 3.05) is 0 Å². The highest BCUT2D eigenvalue weighted by atomic mass is 35.5. The maximum atomic E-state index is 11.7. The Bertz CT molecular complexity index is 515. The van der Waals surface area contributed by atoms with Crippen LogP contribution in [0, 0.1) is 5.92 Å². The van der Waals surface area contributed by atoms with Gasteiger partial charge in [0.1, 0.15) is 0 Å². The number of hydrazine groups is 1. The summed E-state index contributed by atoms with van der Waals surface area (Å²) in [5, 5.41) is 10.7. The Labute approximate surface area is 140 Å². The lowest BCUT2D eigenvalue weighted by Gasteiger charge is -2.13. The minimum Gasteiger partial charge on any atom is -0.388 e. The molecule has 0 aromatic heterocycles. The number of carbonyl (C=O) groups is 2. The van der Waals surface area contributed by atoms with E-state index >= 15 is 0 Å². The third kappa shape index (κ3) is 7.11. The third-order valence-electron chi connectivity index (χ3n) is 2.94. The van der Waals surface area contributed by atoms with Crippen molar-refractivity contribution < 1.29 is 14.7 Å². The van der Waals surface area contributed by atoms with Gasteiger partial charge in [0, 0.05) is 16.5 Å². The van der Waals surface area contributed by atoms with E-state index in [4.69, 9.17) is 23.2 Å². The second-order valence-corrected chi connectivity index (χ2v) is 6.32. The Hall–Kier alpha value is -1.30. The summed E-state index contributed by atoms with van der Waals surface area (Å²) in [5.41, 5.74) is 5.03. The van der Waals surface area contributed by atoms with Crippen LogP contribution in [0.5, 0.6) is 0 Å². The first-order valence-corrected chi connectivity index (χ1v) is 7.75. The van der Waals surface area contributed by atoms with Crippen molar-refractivity contribution in [1.29, 1.82) is 0 Å². The molecule has 1 atom stereocenters. The molecular formula is C15H20Cl2N2O3. The average Bonchev–Trinajstić information content (AvgIpc) is 2.41. The van der Waals surface area contributed by atoms with Crippen LogP contribution in [-0.2, 0) is 9.59 Å². The summed E-state index contributed by atoms with van der Waals surface area (Å²) in [7, 11) is 0. The summed E-state index contributed by atoms with van der Waals surface area (Å²) in [6.07, 6.45) is -0.180.